The highest BCUT2D eigenvalue weighted by Gasteiger charge is 2.39. The van der Waals surface area contributed by atoms with Crippen molar-refractivity contribution in [2.75, 3.05) is 13.1 Å². The van der Waals surface area contributed by atoms with E-state index in [1.807, 2.05) is 17.4 Å². The fourth-order valence-corrected chi connectivity index (χ4v) is 7.08. The second kappa shape index (κ2) is 13.7. The molecule has 2 atom stereocenters. The maximum Gasteiger partial charge on any atom is 0.254 e. The Balaban J connectivity index is 1.36. The highest BCUT2D eigenvalue weighted by atomic mass is 32.1. The number of benzene rings is 2. The molecule has 0 bridgehead atoms. The number of likely N-dealkylation sites (tertiary alicyclic amines) is 1. The summed E-state index contributed by atoms with van der Waals surface area (Å²) in [5.74, 6) is -0.706. The van der Waals surface area contributed by atoms with Crippen LogP contribution in [0.25, 0.3) is 0 Å². The molecule has 3 N–H and O–H groups in total. The lowest BCUT2D eigenvalue weighted by atomic mass is 9.90. The van der Waals surface area contributed by atoms with Gasteiger partial charge in [0.05, 0.1) is 0 Å². The summed E-state index contributed by atoms with van der Waals surface area (Å²) in [4.78, 5) is 34.3. The third-order valence-electron chi connectivity index (χ3n) is 8.55. The van der Waals surface area contributed by atoms with Crippen LogP contribution >= 0.6 is 11.3 Å². The van der Waals surface area contributed by atoms with Crippen LogP contribution in [0.5, 0.6) is 0 Å². The van der Waals surface area contributed by atoms with Crippen molar-refractivity contribution in [3.8, 4) is 0 Å². The highest BCUT2D eigenvalue weighted by molar-refractivity contribution is 7.11. The molecule has 2 aromatic carbocycles. The average Bonchev–Trinajstić information content (AvgIpc) is 3.41. The van der Waals surface area contributed by atoms with E-state index in [-0.39, 0.29) is 35.8 Å². The van der Waals surface area contributed by atoms with Gasteiger partial charge >= 0.3 is 0 Å². The molecule has 1 aromatic heterocycles. The van der Waals surface area contributed by atoms with Crippen molar-refractivity contribution in [3.63, 3.8) is 0 Å². The number of rotatable bonds is 9. The van der Waals surface area contributed by atoms with Gasteiger partial charge in [0, 0.05) is 53.1 Å². The van der Waals surface area contributed by atoms with Crippen molar-refractivity contribution in [1.29, 1.82) is 0 Å². The van der Waals surface area contributed by atoms with Gasteiger partial charge in [-0.15, -0.1) is 11.3 Å². The van der Waals surface area contributed by atoms with Crippen LogP contribution in [0.1, 0.15) is 64.2 Å². The normalized spacial score (nSPS) is 23.0. The minimum absolute atomic E-state index is 0.0775. The topological polar surface area (TPSA) is 78.7 Å². The Labute approximate surface area is 246 Å². The number of halogens is 1. The Morgan fingerprint density at radius 3 is 2.41 bits per heavy atom. The summed E-state index contributed by atoms with van der Waals surface area (Å²) in [5, 5.41) is 3.26. The summed E-state index contributed by atoms with van der Waals surface area (Å²) >= 11 is 1.81. The zero-order valence-corrected chi connectivity index (χ0v) is 24.6. The maximum atomic E-state index is 13.8. The van der Waals surface area contributed by atoms with Crippen molar-refractivity contribution >= 4 is 23.2 Å². The van der Waals surface area contributed by atoms with Gasteiger partial charge in [0.2, 0.25) is 5.91 Å². The van der Waals surface area contributed by atoms with E-state index >= 15 is 0 Å². The number of piperidine rings is 1. The van der Waals surface area contributed by atoms with Gasteiger partial charge in [0.1, 0.15) is 11.9 Å². The van der Waals surface area contributed by atoms with Crippen LogP contribution in [-0.2, 0) is 17.8 Å². The number of amides is 2. The molecule has 2 heterocycles. The molecular formula is C33H41FN4O2S. The third kappa shape index (κ3) is 7.82. The molecule has 3 aromatic rings. The second-order valence-electron chi connectivity index (χ2n) is 11.5. The lowest BCUT2D eigenvalue weighted by Crippen LogP contribution is -2.58. The van der Waals surface area contributed by atoms with E-state index in [2.05, 4.69) is 53.5 Å². The van der Waals surface area contributed by atoms with Crippen molar-refractivity contribution in [2.24, 2.45) is 5.73 Å². The minimum Gasteiger partial charge on any atom is -0.352 e. The van der Waals surface area contributed by atoms with E-state index in [0.717, 1.165) is 51.6 Å². The number of hydrogen-bond donors (Lipinski definition) is 2. The molecule has 1 saturated carbocycles. The molecule has 1 aliphatic carbocycles. The number of carbonyl (C=O) groups is 2. The molecule has 218 valence electrons. The fraction of sp³-hybridized carbons (Fsp3) is 0.455. The van der Waals surface area contributed by atoms with Gasteiger partial charge in [0.15, 0.2) is 0 Å². The molecular weight excluding hydrogens is 535 g/mol. The van der Waals surface area contributed by atoms with Crippen molar-refractivity contribution in [3.05, 3.63) is 93.4 Å². The van der Waals surface area contributed by atoms with Crippen LogP contribution in [0.15, 0.2) is 66.7 Å². The summed E-state index contributed by atoms with van der Waals surface area (Å²) in [6.07, 6.45) is 5.75. The van der Waals surface area contributed by atoms with E-state index in [1.165, 1.54) is 39.6 Å². The van der Waals surface area contributed by atoms with Gasteiger partial charge in [-0.1, -0.05) is 30.3 Å². The number of carbonyl (C=O) groups excluding carboxylic acids is 2. The second-order valence-corrected chi connectivity index (χ2v) is 12.9. The number of nitrogens with one attached hydrogen (secondary N) is 1. The van der Waals surface area contributed by atoms with Gasteiger partial charge in [-0.25, -0.2) is 4.39 Å². The molecule has 0 radical (unpaired) electrons. The standard InChI is InChI=1S/C33H41FN4O2S/c1-23-7-16-30(41-23)22-37(19-17-24-5-3-2-4-6-24)29-18-20-38(33(40)25-8-10-26(34)11-9-25)31(21-29)32(39)36-28-14-12-27(35)13-15-28/h2-11,16,27-29,31H,12-15,17-22,35H2,1H3,(H,36,39)/t27?,28?,29?,31-/m1/s1. The van der Waals surface area contributed by atoms with Gasteiger partial charge < -0.3 is 16.0 Å². The number of hydrogen-bond acceptors (Lipinski definition) is 5. The Bertz CT molecular complexity index is 1290. The van der Waals surface area contributed by atoms with E-state index < -0.39 is 6.04 Å². The Hall–Kier alpha value is -3.07. The van der Waals surface area contributed by atoms with E-state index in [0.29, 0.717) is 18.5 Å². The van der Waals surface area contributed by atoms with E-state index in [9.17, 15) is 14.0 Å². The predicted molar refractivity (Wildman–Crippen MR) is 162 cm³/mol. The first-order chi connectivity index (χ1) is 19.9. The Morgan fingerprint density at radius 2 is 1.73 bits per heavy atom. The zero-order valence-electron chi connectivity index (χ0n) is 23.8. The number of aryl methyl sites for hydroxylation is 1. The van der Waals surface area contributed by atoms with Crippen LogP contribution in [0.2, 0.25) is 0 Å². The molecule has 5 rings (SSSR count). The molecule has 6 nitrogen and oxygen atoms in total. The molecule has 1 saturated heterocycles. The zero-order chi connectivity index (χ0) is 28.8. The summed E-state index contributed by atoms with van der Waals surface area (Å²) < 4.78 is 13.6. The third-order valence-corrected chi connectivity index (χ3v) is 9.53. The summed E-state index contributed by atoms with van der Waals surface area (Å²) in [5.41, 5.74) is 7.79. The van der Waals surface area contributed by atoms with Crippen molar-refractivity contribution < 1.29 is 14.0 Å². The maximum absolute atomic E-state index is 13.8. The molecule has 41 heavy (non-hydrogen) atoms. The molecule has 2 amide bonds. The van der Waals surface area contributed by atoms with Crippen LogP contribution < -0.4 is 11.1 Å². The number of nitrogens with zero attached hydrogens (tertiary/aromatic N) is 2. The summed E-state index contributed by atoms with van der Waals surface area (Å²) in [6.45, 7) is 4.28. The monoisotopic (exact) mass is 576 g/mol. The molecule has 1 unspecified atom stereocenters. The highest BCUT2D eigenvalue weighted by Crippen LogP contribution is 2.28. The van der Waals surface area contributed by atoms with E-state index in [1.54, 1.807) is 4.90 Å². The summed E-state index contributed by atoms with van der Waals surface area (Å²) in [7, 11) is 0. The van der Waals surface area contributed by atoms with Crippen LogP contribution in [-0.4, -0.2) is 58.9 Å². The first-order valence-electron chi connectivity index (χ1n) is 14.8. The van der Waals surface area contributed by atoms with Crippen LogP contribution in [0, 0.1) is 12.7 Å². The Morgan fingerprint density at radius 1 is 1.00 bits per heavy atom. The molecule has 2 aliphatic rings. The number of nitrogens with two attached hydrogens (primary N) is 1. The predicted octanol–water partition coefficient (Wildman–Crippen LogP) is 5.30. The van der Waals surface area contributed by atoms with Gasteiger partial charge in [-0.2, -0.15) is 0 Å². The molecule has 2 fully saturated rings. The SMILES string of the molecule is Cc1ccc(CN(CCc2ccccc2)C2CCN(C(=O)c3ccc(F)cc3)[C@@H](C(=O)NC3CCC(N)CC3)C2)s1. The van der Waals surface area contributed by atoms with Crippen LogP contribution in [0.3, 0.4) is 0 Å². The average molecular weight is 577 g/mol. The molecule has 1 aliphatic heterocycles. The lowest BCUT2D eigenvalue weighted by Gasteiger charge is -2.43. The quantitative estimate of drug-likeness (QED) is 0.363. The van der Waals surface area contributed by atoms with Gasteiger partial charge in [0.25, 0.3) is 5.91 Å². The first kappa shape index (κ1) is 29.4. The van der Waals surface area contributed by atoms with Gasteiger partial charge in [-0.05, 0) is 93.8 Å². The summed E-state index contributed by atoms with van der Waals surface area (Å²) in [6, 6.07) is 20.3. The molecule has 8 heteroatoms. The van der Waals surface area contributed by atoms with Crippen molar-refractivity contribution in [2.45, 2.75) is 82.6 Å². The Kier molecular flexibility index (Phi) is 9.85. The smallest absolute Gasteiger partial charge is 0.254 e. The van der Waals surface area contributed by atoms with Crippen LogP contribution in [0.4, 0.5) is 4.39 Å². The molecule has 0 spiro atoms. The number of thiophene rings is 1. The van der Waals surface area contributed by atoms with Crippen molar-refractivity contribution in [1.82, 2.24) is 15.1 Å². The largest absolute Gasteiger partial charge is 0.352 e. The fourth-order valence-electron chi connectivity index (χ4n) is 6.17. The first-order valence-corrected chi connectivity index (χ1v) is 15.6. The lowest BCUT2D eigenvalue weighted by molar-refractivity contribution is -0.128. The minimum atomic E-state index is -0.591. The van der Waals surface area contributed by atoms with Gasteiger partial charge in [-0.3, -0.25) is 14.5 Å². The van der Waals surface area contributed by atoms with E-state index in [4.69, 9.17) is 5.73 Å².